The first kappa shape index (κ1) is 12.1. The maximum atomic E-state index is 11.6. The van der Waals surface area contributed by atoms with Gasteiger partial charge in [0, 0.05) is 25.2 Å². The number of piperidine rings is 1. The van der Waals surface area contributed by atoms with E-state index >= 15 is 0 Å². The summed E-state index contributed by atoms with van der Waals surface area (Å²) in [4.78, 5) is 13.8. The zero-order valence-electron chi connectivity index (χ0n) is 9.76. The van der Waals surface area contributed by atoms with Gasteiger partial charge in [-0.15, -0.1) is 0 Å². The highest BCUT2D eigenvalue weighted by molar-refractivity contribution is 5.77. The van der Waals surface area contributed by atoms with Crippen molar-refractivity contribution in [2.45, 2.75) is 25.4 Å². The Morgan fingerprint density at radius 3 is 3.00 bits per heavy atom. The summed E-state index contributed by atoms with van der Waals surface area (Å²) in [5.74, 6) is 0.677. The van der Waals surface area contributed by atoms with Gasteiger partial charge in [0.1, 0.15) is 0 Å². The van der Waals surface area contributed by atoms with Crippen LogP contribution in [0.4, 0.5) is 0 Å². The van der Waals surface area contributed by atoms with Crippen molar-refractivity contribution < 1.29 is 9.32 Å². The standard InChI is InChI=1S/C11H18N4O2/c12-9-2-5-15(6-3-9)8-11(16)13-7-10-1-4-14-17-10/h1,4,9H,2-3,5-8,12H2,(H,13,16). The van der Waals surface area contributed by atoms with Crippen molar-refractivity contribution in [2.75, 3.05) is 19.6 Å². The quantitative estimate of drug-likeness (QED) is 0.753. The summed E-state index contributed by atoms with van der Waals surface area (Å²) in [5.41, 5.74) is 5.80. The topological polar surface area (TPSA) is 84.4 Å². The fourth-order valence-electron chi connectivity index (χ4n) is 1.89. The zero-order chi connectivity index (χ0) is 12.1. The molecule has 94 valence electrons. The summed E-state index contributed by atoms with van der Waals surface area (Å²) in [7, 11) is 0. The lowest BCUT2D eigenvalue weighted by Crippen LogP contribution is -2.44. The van der Waals surface area contributed by atoms with E-state index in [1.54, 1.807) is 12.3 Å². The van der Waals surface area contributed by atoms with Crippen molar-refractivity contribution in [1.29, 1.82) is 0 Å². The molecule has 0 radical (unpaired) electrons. The highest BCUT2D eigenvalue weighted by Gasteiger charge is 2.17. The molecule has 2 heterocycles. The largest absolute Gasteiger partial charge is 0.360 e. The molecule has 1 amide bonds. The Morgan fingerprint density at radius 1 is 1.59 bits per heavy atom. The molecule has 0 aromatic carbocycles. The van der Waals surface area contributed by atoms with Crippen LogP contribution in [0.5, 0.6) is 0 Å². The highest BCUT2D eigenvalue weighted by atomic mass is 16.5. The lowest BCUT2D eigenvalue weighted by atomic mass is 10.1. The van der Waals surface area contributed by atoms with Crippen LogP contribution < -0.4 is 11.1 Å². The number of amides is 1. The molecule has 3 N–H and O–H groups in total. The molecule has 0 saturated carbocycles. The summed E-state index contributed by atoms with van der Waals surface area (Å²) >= 11 is 0. The Bertz CT molecular complexity index is 344. The monoisotopic (exact) mass is 238 g/mol. The summed E-state index contributed by atoms with van der Waals surface area (Å²) in [6.45, 7) is 2.63. The first-order chi connectivity index (χ1) is 8.24. The average molecular weight is 238 g/mol. The van der Waals surface area contributed by atoms with Gasteiger partial charge in [0.25, 0.3) is 0 Å². The molecule has 0 spiro atoms. The van der Waals surface area contributed by atoms with Crippen molar-refractivity contribution >= 4 is 5.91 Å². The van der Waals surface area contributed by atoms with Crippen LogP contribution in [0.25, 0.3) is 0 Å². The number of carbonyl (C=O) groups excluding carboxylic acids is 1. The minimum atomic E-state index is 0.0110. The number of nitrogens with two attached hydrogens (primary N) is 1. The van der Waals surface area contributed by atoms with Gasteiger partial charge in [-0.3, -0.25) is 9.69 Å². The molecule has 1 aliphatic heterocycles. The fourth-order valence-corrected chi connectivity index (χ4v) is 1.89. The molecule has 1 aromatic rings. The van der Waals surface area contributed by atoms with Gasteiger partial charge in [-0.1, -0.05) is 5.16 Å². The molecule has 0 atom stereocenters. The van der Waals surface area contributed by atoms with Gasteiger partial charge in [-0.05, 0) is 12.8 Å². The second kappa shape index (κ2) is 5.79. The number of carbonyl (C=O) groups is 1. The lowest BCUT2D eigenvalue weighted by molar-refractivity contribution is -0.122. The van der Waals surface area contributed by atoms with E-state index in [1.807, 2.05) is 0 Å². The van der Waals surface area contributed by atoms with Gasteiger partial charge in [-0.25, -0.2) is 0 Å². The number of rotatable bonds is 4. The Morgan fingerprint density at radius 2 is 2.35 bits per heavy atom. The maximum Gasteiger partial charge on any atom is 0.234 e. The van der Waals surface area contributed by atoms with Crippen LogP contribution in [0.1, 0.15) is 18.6 Å². The molecule has 1 fully saturated rings. The van der Waals surface area contributed by atoms with Crippen molar-refractivity contribution in [3.63, 3.8) is 0 Å². The molecule has 1 aliphatic rings. The van der Waals surface area contributed by atoms with Gasteiger partial charge in [0.15, 0.2) is 5.76 Å². The van der Waals surface area contributed by atoms with Crippen LogP contribution in [0.2, 0.25) is 0 Å². The predicted octanol–water partition coefficient (Wildman–Crippen LogP) is -0.286. The van der Waals surface area contributed by atoms with Gasteiger partial charge in [0.2, 0.25) is 5.91 Å². The van der Waals surface area contributed by atoms with Crippen molar-refractivity contribution in [3.05, 3.63) is 18.0 Å². The SMILES string of the molecule is NC1CCN(CC(=O)NCc2ccno2)CC1. The third-order valence-electron chi connectivity index (χ3n) is 2.95. The third kappa shape index (κ3) is 3.83. The van der Waals surface area contributed by atoms with Gasteiger partial charge in [0.05, 0.1) is 19.3 Å². The molecule has 1 aromatic heterocycles. The van der Waals surface area contributed by atoms with E-state index in [4.69, 9.17) is 10.3 Å². The smallest absolute Gasteiger partial charge is 0.234 e. The molecule has 6 nitrogen and oxygen atoms in total. The Labute approximate surface area is 100 Å². The number of nitrogens with zero attached hydrogens (tertiary/aromatic N) is 2. The fraction of sp³-hybridized carbons (Fsp3) is 0.636. The van der Waals surface area contributed by atoms with Crippen LogP contribution in [0.15, 0.2) is 16.8 Å². The first-order valence-electron chi connectivity index (χ1n) is 5.88. The predicted molar refractivity (Wildman–Crippen MR) is 62.0 cm³/mol. The van der Waals surface area contributed by atoms with Crippen molar-refractivity contribution in [1.82, 2.24) is 15.4 Å². The van der Waals surface area contributed by atoms with Crippen molar-refractivity contribution in [3.8, 4) is 0 Å². The second-order valence-electron chi connectivity index (χ2n) is 4.37. The minimum absolute atomic E-state index is 0.0110. The van der Waals surface area contributed by atoms with Crippen LogP contribution in [0.3, 0.4) is 0 Å². The van der Waals surface area contributed by atoms with E-state index in [9.17, 15) is 4.79 Å². The second-order valence-corrected chi connectivity index (χ2v) is 4.37. The highest BCUT2D eigenvalue weighted by Crippen LogP contribution is 2.07. The van der Waals surface area contributed by atoms with Crippen LogP contribution in [-0.4, -0.2) is 41.6 Å². The third-order valence-corrected chi connectivity index (χ3v) is 2.95. The van der Waals surface area contributed by atoms with Gasteiger partial charge >= 0.3 is 0 Å². The molecular weight excluding hydrogens is 220 g/mol. The lowest BCUT2D eigenvalue weighted by Gasteiger charge is -2.29. The van der Waals surface area contributed by atoms with Gasteiger partial charge in [-0.2, -0.15) is 0 Å². The molecular formula is C11H18N4O2. The zero-order valence-corrected chi connectivity index (χ0v) is 9.76. The number of hydrogen-bond donors (Lipinski definition) is 2. The van der Waals surface area contributed by atoms with E-state index in [-0.39, 0.29) is 5.91 Å². The van der Waals surface area contributed by atoms with Crippen molar-refractivity contribution in [2.24, 2.45) is 5.73 Å². The molecule has 6 heteroatoms. The van der Waals surface area contributed by atoms with Crippen LogP contribution in [-0.2, 0) is 11.3 Å². The Kier molecular flexibility index (Phi) is 4.11. The molecule has 2 rings (SSSR count). The number of aromatic nitrogens is 1. The average Bonchev–Trinajstić information content (AvgIpc) is 2.83. The van der Waals surface area contributed by atoms with Crippen LogP contribution >= 0.6 is 0 Å². The minimum Gasteiger partial charge on any atom is -0.360 e. The maximum absolute atomic E-state index is 11.6. The van der Waals surface area contributed by atoms with Crippen LogP contribution in [0, 0.1) is 0 Å². The van der Waals surface area contributed by atoms with E-state index < -0.39 is 0 Å². The number of hydrogen-bond acceptors (Lipinski definition) is 5. The normalized spacial score (nSPS) is 18.2. The van der Waals surface area contributed by atoms with E-state index in [0.717, 1.165) is 25.9 Å². The van der Waals surface area contributed by atoms with E-state index in [2.05, 4.69) is 15.4 Å². The summed E-state index contributed by atoms with van der Waals surface area (Å²) in [6.07, 6.45) is 3.50. The first-order valence-corrected chi connectivity index (χ1v) is 5.88. The number of likely N-dealkylation sites (tertiary alicyclic amines) is 1. The molecule has 0 aliphatic carbocycles. The van der Waals surface area contributed by atoms with E-state index in [0.29, 0.717) is 24.9 Å². The number of nitrogens with one attached hydrogen (secondary N) is 1. The summed E-state index contributed by atoms with van der Waals surface area (Å²) in [6, 6.07) is 2.03. The molecule has 0 bridgehead atoms. The molecule has 17 heavy (non-hydrogen) atoms. The molecule has 0 unspecified atom stereocenters. The van der Waals surface area contributed by atoms with E-state index in [1.165, 1.54) is 0 Å². The molecule has 1 saturated heterocycles. The Hall–Kier alpha value is -1.40. The summed E-state index contributed by atoms with van der Waals surface area (Å²) in [5, 5.41) is 6.37. The summed E-state index contributed by atoms with van der Waals surface area (Å²) < 4.78 is 4.89. The Balaban J connectivity index is 1.67. The van der Waals surface area contributed by atoms with Gasteiger partial charge < -0.3 is 15.6 Å².